The molecule has 0 radical (unpaired) electrons. The Kier molecular flexibility index (Phi) is 2.80. The molecule has 0 aliphatic carbocycles. The molecule has 1 N–H and O–H groups in total. The minimum atomic E-state index is -0.0266. The third-order valence-electron chi connectivity index (χ3n) is 1.99. The first-order chi connectivity index (χ1) is 5.83. The molecule has 0 saturated heterocycles. The van der Waals surface area contributed by atoms with Crippen molar-refractivity contribution in [3.8, 4) is 0 Å². The van der Waals surface area contributed by atoms with Crippen molar-refractivity contribution in [1.29, 1.82) is 0 Å². The van der Waals surface area contributed by atoms with Crippen LogP contribution in [0.5, 0.6) is 0 Å². The van der Waals surface area contributed by atoms with Crippen molar-refractivity contribution in [1.82, 2.24) is 5.32 Å². The van der Waals surface area contributed by atoms with E-state index in [1.54, 1.807) is 12.4 Å². The van der Waals surface area contributed by atoms with Crippen LogP contribution < -0.4 is 5.32 Å². The molecule has 1 aliphatic heterocycles. The summed E-state index contributed by atoms with van der Waals surface area (Å²) in [4.78, 5) is 21.1. The van der Waals surface area contributed by atoms with Crippen LogP contribution >= 0.6 is 0 Å². The van der Waals surface area contributed by atoms with E-state index in [0.717, 1.165) is 19.0 Å². The quantitative estimate of drug-likeness (QED) is 0.628. The molecule has 0 bridgehead atoms. The molecular weight excluding hydrogens is 154 g/mol. The van der Waals surface area contributed by atoms with Gasteiger partial charge in [-0.1, -0.05) is 6.92 Å². The lowest BCUT2D eigenvalue weighted by molar-refractivity contribution is -0.105. The maximum atomic E-state index is 10.5. The Bertz CT molecular complexity index is 229. The average Bonchev–Trinajstić information content (AvgIpc) is 2.16. The van der Waals surface area contributed by atoms with Gasteiger partial charge in [0, 0.05) is 29.5 Å². The molecule has 0 atom stereocenters. The molecule has 1 heterocycles. The first-order valence-electron chi connectivity index (χ1n) is 3.90. The normalized spacial score (nSPS) is 17.4. The summed E-state index contributed by atoms with van der Waals surface area (Å²) in [5, 5.41) is 2.76. The lowest BCUT2D eigenvalue weighted by Gasteiger charge is -2.18. The van der Waals surface area contributed by atoms with Crippen molar-refractivity contribution in [3.63, 3.8) is 0 Å². The number of carbonyl (C=O) groups is 2. The minimum absolute atomic E-state index is 0.0266. The molecule has 12 heavy (non-hydrogen) atoms. The molecule has 0 aromatic rings. The van der Waals surface area contributed by atoms with Crippen LogP contribution in [0.4, 0.5) is 0 Å². The van der Waals surface area contributed by atoms with Crippen LogP contribution in [0.2, 0.25) is 0 Å². The van der Waals surface area contributed by atoms with Gasteiger partial charge in [-0.15, -0.1) is 0 Å². The van der Waals surface area contributed by atoms with E-state index in [1.807, 2.05) is 6.92 Å². The van der Waals surface area contributed by atoms with Gasteiger partial charge in [-0.05, 0) is 6.42 Å². The second-order valence-corrected chi connectivity index (χ2v) is 2.65. The molecule has 0 amide bonds. The fraction of sp³-hybridized carbons (Fsp3) is 0.333. The Labute approximate surface area is 71.1 Å². The van der Waals surface area contributed by atoms with E-state index >= 15 is 0 Å². The topological polar surface area (TPSA) is 46.2 Å². The van der Waals surface area contributed by atoms with Crippen molar-refractivity contribution in [2.45, 2.75) is 13.3 Å². The summed E-state index contributed by atoms with van der Waals surface area (Å²) < 4.78 is 0. The minimum Gasteiger partial charge on any atom is -0.367 e. The van der Waals surface area contributed by atoms with Crippen LogP contribution in [0.25, 0.3) is 0 Å². The molecule has 1 aliphatic rings. The predicted molar refractivity (Wildman–Crippen MR) is 45.2 cm³/mol. The first-order valence-corrected chi connectivity index (χ1v) is 3.90. The van der Waals surface area contributed by atoms with Crippen LogP contribution in [0, 0.1) is 5.92 Å². The molecule has 0 aromatic carbocycles. The number of nitrogens with one attached hydrogen (secondary N) is 1. The third kappa shape index (κ3) is 1.44. The number of carbonyl (C=O) groups excluding carboxylic acids is 2. The summed E-state index contributed by atoms with van der Waals surface area (Å²) in [6.45, 7) is 1.95. The van der Waals surface area contributed by atoms with E-state index in [0.29, 0.717) is 11.1 Å². The van der Waals surface area contributed by atoms with Gasteiger partial charge in [0.05, 0.1) is 0 Å². The van der Waals surface area contributed by atoms with Gasteiger partial charge in [-0.2, -0.15) is 0 Å². The molecule has 0 fully saturated rings. The smallest absolute Gasteiger partial charge is 0.148 e. The first kappa shape index (κ1) is 8.71. The molecule has 0 aromatic heterocycles. The van der Waals surface area contributed by atoms with E-state index in [1.165, 1.54) is 0 Å². The second-order valence-electron chi connectivity index (χ2n) is 2.65. The molecule has 0 saturated carbocycles. The van der Waals surface area contributed by atoms with Crippen LogP contribution in [0.15, 0.2) is 23.5 Å². The van der Waals surface area contributed by atoms with Gasteiger partial charge in [0.2, 0.25) is 0 Å². The fourth-order valence-corrected chi connectivity index (χ4v) is 1.33. The number of hydrogen-bond acceptors (Lipinski definition) is 3. The van der Waals surface area contributed by atoms with Gasteiger partial charge in [0.25, 0.3) is 0 Å². The van der Waals surface area contributed by atoms with Crippen LogP contribution in [0.1, 0.15) is 13.3 Å². The van der Waals surface area contributed by atoms with E-state index in [2.05, 4.69) is 5.32 Å². The van der Waals surface area contributed by atoms with E-state index in [-0.39, 0.29) is 5.92 Å². The zero-order valence-corrected chi connectivity index (χ0v) is 6.91. The summed E-state index contributed by atoms with van der Waals surface area (Å²) in [6.07, 6.45) is 5.62. The fourth-order valence-electron chi connectivity index (χ4n) is 1.33. The van der Waals surface area contributed by atoms with Crippen molar-refractivity contribution >= 4 is 12.6 Å². The zero-order valence-electron chi connectivity index (χ0n) is 6.91. The predicted octanol–water partition coefficient (Wildman–Crippen LogP) is 0.781. The summed E-state index contributed by atoms with van der Waals surface area (Å²) in [5.41, 5.74) is 1.28. The highest BCUT2D eigenvalue weighted by atomic mass is 16.1. The standard InChI is InChI=1S/C9H11NO2/c1-2-9-7(5-11)3-10-4-8(9)6-12/h3-6,9-10H,2H2,1H3. The number of dihydropyridines is 1. The van der Waals surface area contributed by atoms with Gasteiger partial charge >= 0.3 is 0 Å². The number of rotatable bonds is 3. The van der Waals surface area contributed by atoms with Gasteiger partial charge in [0.15, 0.2) is 0 Å². The highest BCUT2D eigenvalue weighted by Crippen LogP contribution is 2.22. The Morgan fingerprint density at radius 1 is 1.33 bits per heavy atom. The zero-order chi connectivity index (χ0) is 8.97. The summed E-state index contributed by atoms with van der Waals surface area (Å²) in [5.74, 6) is -0.0266. The largest absolute Gasteiger partial charge is 0.367 e. The van der Waals surface area contributed by atoms with Crippen molar-refractivity contribution in [2.24, 2.45) is 5.92 Å². The highest BCUT2D eigenvalue weighted by Gasteiger charge is 2.18. The average molecular weight is 165 g/mol. The molecule has 0 spiro atoms. The lowest BCUT2D eigenvalue weighted by atomic mass is 9.89. The lowest BCUT2D eigenvalue weighted by Crippen LogP contribution is -2.18. The highest BCUT2D eigenvalue weighted by molar-refractivity contribution is 5.83. The third-order valence-corrected chi connectivity index (χ3v) is 1.99. The monoisotopic (exact) mass is 165 g/mol. The molecule has 1 rings (SSSR count). The van der Waals surface area contributed by atoms with Crippen LogP contribution in [0.3, 0.4) is 0 Å². The number of hydrogen-bond donors (Lipinski definition) is 1. The van der Waals surface area contributed by atoms with Crippen molar-refractivity contribution in [2.75, 3.05) is 0 Å². The van der Waals surface area contributed by atoms with Crippen LogP contribution in [-0.2, 0) is 9.59 Å². The Hall–Kier alpha value is -1.38. The molecule has 3 heteroatoms. The van der Waals surface area contributed by atoms with E-state index < -0.39 is 0 Å². The molecule has 0 unspecified atom stereocenters. The van der Waals surface area contributed by atoms with E-state index in [9.17, 15) is 9.59 Å². The number of allylic oxidation sites excluding steroid dienone is 2. The van der Waals surface area contributed by atoms with Gasteiger partial charge in [0.1, 0.15) is 12.6 Å². The Morgan fingerprint density at radius 3 is 2.17 bits per heavy atom. The van der Waals surface area contributed by atoms with Crippen molar-refractivity contribution < 1.29 is 9.59 Å². The van der Waals surface area contributed by atoms with Crippen LogP contribution in [-0.4, -0.2) is 12.6 Å². The van der Waals surface area contributed by atoms with Gasteiger partial charge in [-0.25, -0.2) is 0 Å². The maximum Gasteiger partial charge on any atom is 0.148 e. The summed E-state index contributed by atoms with van der Waals surface area (Å²) in [6, 6.07) is 0. The second kappa shape index (κ2) is 3.85. The molecular formula is C9H11NO2. The Morgan fingerprint density at radius 2 is 1.83 bits per heavy atom. The number of aldehydes is 2. The van der Waals surface area contributed by atoms with Gasteiger partial charge in [-0.3, -0.25) is 9.59 Å². The molecule has 3 nitrogen and oxygen atoms in total. The van der Waals surface area contributed by atoms with Crippen molar-refractivity contribution in [3.05, 3.63) is 23.5 Å². The Balaban J connectivity index is 2.88. The SMILES string of the molecule is CCC1C(C=O)=CNC=C1C=O. The van der Waals surface area contributed by atoms with Gasteiger partial charge < -0.3 is 5.32 Å². The maximum absolute atomic E-state index is 10.5. The molecule has 64 valence electrons. The summed E-state index contributed by atoms with van der Waals surface area (Å²) in [7, 11) is 0. The summed E-state index contributed by atoms with van der Waals surface area (Å²) >= 11 is 0. The van der Waals surface area contributed by atoms with E-state index in [4.69, 9.17) is 0 Å².